The van der Waals surface area contributed by atoms with E-state index in [2.05, 4.69) is 4.90 Å². The summed E-state index contributed by atoms with van der Waals surface area (Å²) in [6.07, 6.45) is 2.42. The van der Waals surface area contributed by atoms with Crippen molar-refractivity contribution in [3.8, 4) is 11.5 Å². The minimum Gasteiger partial charge on any atom is -0.493 e. The van der Waals surface area contributed by atoms with Gasteiger partial charge in [0.1, 0.15) is 0 Å². The summed E-state index contributed by atoms with van der Waals surface area (Å²) in [5, 5.41) is 0. The fraction of sp³-hybridized carbons (Fsp3) is 0.429. The van der Waals surface area contributed by atoms with Crippen LogP contribution >= 0.6 is 0 Å². The predicted molar refractivity (Wildman–Crippen MR) is 107 cm³/mol. The molecular weight excluding hydrogens is 376 g/mol. The third-order valence-electron chi connectivity index (χ3n) is 5.57. The minimum absolute atomic E-state index is 0.200. The number of methoxy groups -OCH3 is 2. The van der Waals surface area contributed by atoms with Crippen LogP contribution in [0.15, 0.2) is 53.4 Å². The molecule has 0 aromatic heterocycles. The Morgan fingerprint density at radius 3 is 2.29 bits per heavy atom. The van der Waals surface area contributed by atoms with Crippen LogP contribution in [-0.2, 0) is 10.0 Å². The first kappa shape index (κ1) is 19.2. The molecule has 1 saturated heterocycles. The van der Waals surface area contributed by atoms with Gasteiger partial charge in [0.05, 0.1) is 25.2 Å². The minimum atomic E-state index is -3.67. The van der Waals surface area contributed by atoms with Gasteiger partial charge < -0.3 is 9.47 Å². The Balaban J connectivity index is 1.70. The lowest BCUT2D eigenvalue weighted by Gasteiger charge is -2.41. The van der Waals surface area contributed by atoms with E-state index in [-0.39, 0.29) is 10.9 Å². The number of ether oxygens (including phenoxy) is 2. The highest BCUT2D eigenvalue weighted by atomic mass is 32.2. The number of piperazine rings is 1. The smallest absolute Gasteiger partial charge is 0.243 e. The van der Waals surface area contributed by atoms with Crippen molar-refractivity contribution in [2.24, 2.45) is 0 Å². The average molecular weight is 403 g/mol. The summed E-state index contributed by atoms with van der Waals surface area (Å²) in [5.74, 6) is 0.927. The Morgan fingerprint density at radius 1 is 0.929 bits per heavy atom. The highest BCUT2D eigenvalue weighted by molar-refractivity contribution is 7.89. The number of hydrogen-bond acceptors (Lipinski definition) is 5. The maximum atomic E-state index is 13.5. The summed E-state index contributed by atoms with van der Waals surface area (Å²) in [5.41, 5.74) is 1.02. The van der Waals surface area contributed by atoms with Crippen LogP contribution in [0.5, 0.6) is 11.5 Å². The zero-order valence-corrected chi connectivity index (χ0v) is 17.1. The van der Waals surface area contributed by atoms with Crippen LogP contribution in [0.2, 0.25) is 0 Å². The SMILES string of the molecule is COc1ccc(S(=O)(=O)N2CCN(C3CC3)CC2c2ccccc2)cc1OC. The van der Waals surface area contributed by atoms with Crippen molar-refractivity contribution < 1.29 is 17.9 Å². The maximum absolute atomic E-state index is 13.5. The molecule has 1 atom stereocenters. The first-order valence-corrected chi connectivity index (χ1v) is 11.0. The second-order valence-electron chi connectivity index (χ2n) is 7.29. The van der Waals surface area contributed by atoms with E-state index in [4.69, 9.17) is 9.47 Å². The Kier molecular flexibility index (Phi) is 5.31. The molecule has 150 valence electrons. The number of sulfonamides is 1. The summed E-state index contributed by atoms with van der Waals surface area (Å²) >= 11 is 0. The van der Waals surface area contributed by atoms with Crippen molar-refractivity contribution in [1.29, 1.82) is 0 Å². The Hall–Kier alpha value is -2.09. The van der Waals surface area contributed by atoms with Gasteiger partial charge in [-0.25, -0.2) is 8.42 Å². The molecule has 2 aliphatic rings. The number of nitrogens with zero attached hydrogens (tertiary/aromatic N) is 2. The van der Waals surface area contributed by atoms with Gasteiger partial charge in [-0.15, -0.1) is 0 Å². The van der Waals surface area contributed by atoms with Crippen LogP contribution in [0, 0.1) is 0 Å². The van der Waals surface area contributed by atoms with E-state index in [0.717, 1.165) is 18.7 Å². The molecule has 6 nitrogen and oxygen atoms in total. The molecule has 1 saturated carbocycles. The summed E-state index contributed by atoms with van der Waals surface area (Å²) in [4.78, 5) is 2.66. The van der Waals surface area contributed by atoms with Gasteiger partial charge >= 0.3 is 0 Å². The van der Waals surface area contributed by atoms with Crippen molar-refractivity contribution in [3.63, 3.8) is 0 Å². The van der Waals surface area contributed by atoms with Crippen molar-refractivity contribution in [1.82, 2.24) is 9.21 Å². The largest absolute Gasteiger partial charge is 0.493 e. The third-order valence-corrected chi connectivity index (χ3v) is 7.48. The van der Waals surface area contributed by atoms with E-state index in [1.807, 2.05) is 30.3 Å². The summed E-state index contributed by atoms with van der Waals surface area (Å²) < 4.78 is 39.3. The number of rotatable bonds is 6. The van der Waals surface area contributed by atoms with Crippen LogP contribution in [-0.4, -0.2) is 57.5 Å². The van der Waals surface area contributed by atoms with Crippen LogP contribution < -0.4 is 9.47 Å². The Labute approximate surface area is 166 Å². The van der Waals surface area contributed by atoms with Gasteiger partial charge in [0.2, 0.25) is 10.0 Å². The highest BCUT2D eigenvalue weighted by Gasteiger charge is 2.41. The molecule has 7 heteroatoms. The normalized spacial score (nSPS) is 21.4. The predicted octanol–water partition coefficient (Wildman–Crippen LogP) is 2.91. The molecule has 0 bridgehead atoms. The second kappa shape index (κ2) is 7.73. The first-order chi connectivity index (χ1) is 13.5. The molecule has 0 radical (unpaired) electrons. The molecule has 28 heavy (non-hydrogen) atoms. The molecule has 4 rings (SSSR count). The van der Waals surface area contributed by atoms with E-state index < -0.39 is 10.0 Å². The third kappa shape index (κ3) is 3.62. The quantitative estimate of drug-likeness (QED) is 0.744. The van der Waals surface area contributed by atoms with Gasteiger partial charge in [0.15, 0.2) is 11.5 Å². The molecule has 2 fully saturated rings. The molecular formula is C21H26N2O4S. The van der Waals surface area contributed by atoms with Gasteiger partial charge in [-0.3, -0.25) is 4.90 Å². The molecule has 0 spiro atoms. The molecule has 1 unspecified atom stereocenters. The highest BCUT2D eigenvalue weighted by Crippen LogP contribution is 2.37. The number of benzene rings is 2. The Morgan fingerprint density at radius 2 is 1.64 bits per heavy atom. The van der Waals surface area contributed by atoms with Gasteiger partial charge in [-0.2, -0.15) is 4.31 Å². The topological polar surface area (TPSA) is 59.1 Å². The van der Waals surface area contributed by atoms with Gasteiger partial charge in [-0.1, -0.05) is 30.3 Å². The van der Waals surface area contributed by atoms with Crippen LogP contribution in [0.1, 0.15) is 24.4 Å². The van der Waals surface area contributed by atoms with E-state index in [0.29, 0.717) is 24.1 Å². The first-order valence-electron chi connectivity index (χ1n) is 9.57. The molecule has 0 amide bonds. The lowest BCUT2D eigenvalue weighted by atomic mass is 10.0. The summed E-state index contributed by atoms with van der Waals surface area (Å²) in [7, 11) is -0.629. The van der Waals surface area contributed by atoms with Crippen molar-refractivity contribution in [3.05, 3.63) is 54.1 Å². The van der Waals surface area contributed by atoms with Gasteiger partial charge in [-0.05, 0) is 30.5 Å². The maximum Gasteiger partial charge on any atom is 0.243 e. The van der Waals surface area contributed by atoms with Gasteiger partial charge in [0, 0.05) is 31.7 Å². The molecule has 2 aromatic carbocycles. The van der Waals surface area contributed by atoms with E-state index in [1.165, 1.54) is 27.1 Å². The molecule has 0 N–H and O–H groups in total. The zero-order chi connectivity index (χ0) is 19.7. The summed E-state index contributed by atoms with van der Waals surface area (Å²) in [6, 6.07) is 15.1. The molecule has 1 aliphatic heterocycles. The lowest BCUT2D eigenvalue weighted by Crippen LogP contribution is -2.51. The van der Waals surface area contributed by atoms with Crippen molar-refractivity contribution >= 4 is 10.0 Å². The van der Waals surface area contributed by atoms with Crippen LogP contribution in [0.3, 0.4) is 0 Å². The van der Waals surface area contributed by atoms with Gasteiger partial charge in [0.25, 0.3) is 0 Å². The second-order valence-corrected chi connectivity index (χ2v) is 9.18. The van der Waals surface area contributed by atoms with Crippen molar-refractivity contribution in [2.75, 3.05) is 33.9 Å². The van der Waals surface area contributed by atoms with Crippen molar-refractivity contribution in [2.45, 2.75) is 29.8 Å². The van der Waals surface area contributed by atoms with E-state index in [1.54, 1.807) is 22.5 Å². The summed E-state index contributed by atoms with van der Waals surface area (Å²) in [6.45, 7) is 1.97. The van der Waals surface area contributed by atoms with E-state index in [9.17, 15) is 8.42 Å². The zero-order valence-electron chi connectivity index (χ0n) is 16.2. The fourth-order valence-electron chi connectivity index (χ4n) is 3.91. The molecule has 1 heterocycles. The standard InChI is InChI=1S/C21H26N2O4S/c1-26-20-11-10-18(14-21(20)27-2)28(24,25)23-13-12-22(17-8-9-17)15-19(23)16-6-4-3-5-7-16/h3-7,10-11,14,17,19H,8-9,12-13,15H2,1-2H3. The Bertz CT molecular complexity index is 929. The number of hydrogen-bond donors (Lipinski definition) is 0. The lowest BCUT2D eigenvalue weighted by molar-refractivity contribution is 0.128. The molecule has 2 aromatic rings. The average Bonchev–Trinajstić information content (AvgIpc) is 3.59. The fourth-order valence-corrected chi connectivity index (χ4v) is 5.52. The van der Waals surface area contributed by atoms with Crippen LogP contribution in [0.25, 0.3) is 0 Å². The van der Waals surface area contributed by atoms with Crippen LogP contribution in [0.4, 0.5) is 0 Å². The van der Waals surface area contributed by atoms with E-state index >= 15 is 0 Å². The molecule has 1 aliphatic carbocycles. The monoisotopic (exact) mass is 402 g/mol.